The van der Waals surface area contributed by atoms with E-state index in [9.17, 15) is 10.2 Å². The first-order valence-electron chi connectivity index (χ1n) is 3.68. The first-order chi connectivity index (χ1) is 5.67. The summed E-state index contributed by atoms with van der Waals surface area (Å²) in [5.74, 6) is -1.24. The highest BCUT2D eigenvalue weighted by molar-refractivity contribution is 5.03. The van der Waals surface area contributed by atoms with Gasteiger partial charge in [0.2, 0.25) is 6.10 Å². The average molecular weight is 179 g/mol. The maximum absolute atomic E-state index is 9.35. The molecule has 0 aromatic carbocycles. The first kappa shape index (κ1) is 8.36. The molecule has 12 heavy (non-hydrogen) atoms. The molecule has 2 aliphatic heterocycles. The van der Waals surface area contributed by atoms with Gasteiger partial charge >= 0.3 is 5.79 Å². The van der Waals surface area contributed by atoms with Crippen molar-refractivity contribution in [2.45, 2.75) is 24.1 Å². The zero-order valence-electron chi connectivity index (χ0n) is 6.25. The number of hydrogen-bond acceptors (Lipinski definition) is 5. The Kier molecular flexibility index (Phi) is 1.66. The largest absolute Gasteiger partial charge is 0.431 e. The summed E-state index contributed by atoms with van der Waals surface area (Å²) in [6.07, 6.45) is -3.00. The van der Waals surface area contributed by atoms with Crippen LogP contribution < -0.4 is 0 Å². The van der Waals surface area contributed by atoms with Crippen molar-refractivity contribution < 1.29 is 29.8 Å². The lowest BCUT2D eigenvalue weighted by Gasteiger charge is -2.09. The van der Waals surface area contributed by atoms with Crippen molar-refractivity contribution in [3.8, 4) is 0 Å². The maximum atomic E-state index is 9.35. The normalized spacial score (nSPS) is 52.5. The van der Waals surface area contributed by atoms with E-state index in [1.165, 1.54) is 0 Å². The lowest BCUT2D eigenvalue weighted by molar-refractivity contribution is -0.230. The van der Waals surface area contributed by atoms with Gasteiger partial charge in [-0.2, -0.15) is 4.52 Å². The lowest BCUT2D eigenvalue weighted by Crippen LogP contribution is -2.41. The van der Waals surface area contributed by atoms with Crippen molar-refractivity contribution in [3.63, 3.8) is 0 Å². The fraction of sp³-hybridized carbons (Fsp3) is 1.00. The third-order valence-corrected chi connectivity index (χ3v) is 2.38. The molecule has 4 N–H and O–H groups in total. The summed E-state index contributed by atoms with van der Waals surface area (Å²) in [4.78, 5) is 4.81. The molecule has 0 aromatic heterocycles. The predicted molar refractivity (Wildman–Crippen MR) is 34.9 cm³/mol. The second kappa shape index (κ2) is 2.38. The fourth-order valence-corrected chi connectivity index (χ4v) is 1.57. The molecule has 2 aliphatic rings. The van der Waals surface area contributed by atoms with Crippen molar-refractivity contribution in [3.05, 3.63) is 0 Å². The summed E-state index contributed by atoms with van der Waals surface area (Å²) < 4.78 is 2.05. The van der Waals surface area contributed by atoms with Crippen molar-refractivity contribution in [1.82, 2.24) is 0 Å². The highest BCUT2D eigenvalue weighted by Gasteiger charge is 2.84. The maximum Gasteiger partial charge on any atom is 0.431 e. The van der Waals surface area contributed by atoms with Crippen LogP contribution in [0.3, 0.4) is 0 Å². The zero-order chi connectivity index (χ0) is 8.93. The van der Waals surface area contributed by atoms with Gasteiger partial charge in [0.05, 0.1) is 0 Å². The molecule has 2 heterocycles. The molecule has 0 unspecified atom stereocenters. The summed E-state index contributed by atoms with van der Waals surface area (Å²) in [7, 11) is 0. The van der Waals surface area contributed by atoms with E-state index in [0.717, 1.165) is 0 Å². The third-order valence-electron chi connectivity index (χ3n) is 2.38. The SMILES string of the molecule is OC[C@@H]1[C@@H](O)[C@H](O)[C@]2(CO)O[O+]12. The summed E-state index contributed by atoms with van der Waals surface area (Å²) in [5, 5.41) is 36.2. The molecule has 0 saturated carbocycles. The first-order valence-corrected chi connectivity index (χ1v) is 3.68. The topological polar surface area (TPSA) is 96.2 Å². The molecule has 0 bridgehead atoms. The van der Waals surface area contributed by atoms with Crippen molar-refractivity contribution >= 4 is 0 Å². The van der Waals surface area contributed by atoms with Crippen LogP contribution in [0.5, 0.6) is 0 Å². The number of rotatable bonds is 2. The molecule has 0 amide bonds. The van der Waals surface area contributed by atoms with Gasteiger partial charge in [0.25, 0.3) is 6.10 Å². The Labute approximate surface area is 68.2 Å². The van der Waals surface area contributed by atoms with Crippen LogP contribution in [-0.2, 0) is 9.41 Å². The minimum Gasteiger partial charge on any atom is -0.388 e. The van der Waals surface area contributed by atoms with Crippen LogP contribution in [-0.4, -0.2) is 57.7 Å². The van der Waals surface area contributed by atoms with Crippen LogP contribution >= 0.6 is 0 Å². The minimum absolute atomic E-state index is 0.343. The van der Waals surface area contributed by atoms with Crippen LogP contribution in [0, 0.1) is 0 Å². The Morgan fingerprint density at radius 3 is 2.33 bits per heavy atom. The molecule has 2 rings (SSSR count). The van der Waals surface area contributed by atoms with E-state index >= 15 is 0 Å². The Morgan fingerprint density at radius 2 is 2.00 bits per heavy atom. The van der Waals surface area contributed by atoms with Crippen molar-refractivity contribution in [1.29, 1.82) is 0 Å². The molecular formula is C6H11O6+. The molecule has 2 fully saturated rings. The van der Waals surface area contributed by atoms with E-state index in [-0.39, 0.29) is 6.61 Å². The van der Waals surface area contributed by atoms with E-state index in [1.54, 1.807) is 0 Å². The van der Waals surface area contributed by atoms with Crippen LogP contribution in [0.4, 0.5) is 0 Å². The standard InChI is InChI=1S/C6H11O6/c7-1-3-4(9)5(10)6(2-8)11-12(3)6/h3-5,7-10H,1-2H2/q+1/t3-,4-,5+,6-/m1/s1. The summed E-state index contributed by atoms with van der Waals surface area (Å²) in [6.45, 7) is -0.767. The molecule has 6 heteroatoms. The molecular weight excluding hydrogens is 168 g/mol. The van der Waals surface area contributed by atoms with Gasteiger partial charge in [0.1, 0.15) is 6.61 Å². The molecule has 0 radical (unpaired) electrons. The van der Waals surface area contributed by atoms with E-state index in [2.05, 4.69) is 4.52 Å². The van der Waals surface area contributed by atoms with Gasteiger partial charge in [-0.1, -0.05) is 0 Å². The predicted octanol–water partition coefficient (Wildman–Crippen LogP) is -2.73. The van der Waals surface area contributed by atoms with Crippen LogP contribution in [0.1, 0.15) is 0 Å². The Hall–Kier alpha value is -0.240. The highest BCUT2D eigenvalue weighted by atomic mass is 17.5. The van der Waals surface area contributed by atoms with Gasteiger partial charge in [-0.05, 0) is 4.89 Å². The number of aliphatic hydroxyl groups is 4. The van der Waals surface area contributed by atoms with Gasteiger partial charge in [-0.25, -0.2) is 0 Å². The third kappa shape index (κ3) is 0.743. The fourth-order valence-electron chi connectivity index (χ4n) is 1.57. The van der Waals surface area contributed by atoms with Crippen LogP contribution in [0.2, 0.25) is 0 Å². The summed E-state index contributed by atoms with van der Waals surface area (Å²) >= 11 is 0. The van der Waals surface area contributed by atoms with Gasteiger partial charge in [0.15, 0.2) is 12.7 Å². The average Bonchev–Trinajstić information content (AvgIpc) is 2.76. The molecule has 2 saturated heterocycles. The van der Waals surface area contributed by atoms with Crippen molar-refractivity contribution in [2.24, 2.45) is 0 Å². The van der Waals surface area contributed by atoms with Gasteiger partial charge in [0, 0.05) is 0 Å². The molecule has 70 valence electrons. The highest BCUT2D eigenvalue weighted by Crippen LogP contribution is 2.53. The van der Waals surface area contributed by atoms with Crippen molar-refractivity contribution in [2.75, 3.05) is 13.2 Å². The van der Waals surface area contributed by atoms with Gasteiger partial charge < -0.3 is 20.4 Å². The van der Waals surface area contributed by atoms with Crippen LogP contribution in [0.15, 0.2) is 0 Å². The Morgan fingerprint density at radius 1 is 1.33 bits per heavy atom. The molecule has 0 aromatic rings. The summed E-state index contributed by atoms with van der Waals surface area (Å²) in [6, 6.07) is 0. The molecule has 0 spiro atoms. The minimum atomic E-state index is -1.24. The lowest BCUT2D eigenvalue weighted by atomic mass is 10.1. The Bertz CT molecular complexity index is 194. The number of hydrogen-bond donors (Lipinski definition) is 4. The smallest absolute Gasteiger partial charge is 0.388 e. The molecule has 0 aliphatic carbocycles. The van der Waals surface area contributed by atoms with Gasteiger partial charge in [-0.15, -0.1) is 0 Å². The summed E-state index contributed by atoms with van der Waals surface area (Å²) in [5.41, 5.74) is 0. The Balaban J connectivity index is 2.17. The second-order valence-corrected chi connectivity index (χ2v) is 3.01. The molecule has 4 atom stereocenters. The number of fused-ring (bicyclic) bond motifs is 1. The van der Waals surface area contributed by atoms with E-state index < -0.39 is 30.7 Å². The van der Waals surface area contributed by atoms with E-state index in [1.807, 2.05) is 0 Å². The zero-order valence-corrected chi connectivity index (χ0v) is 6.25. The second-order valence-electron chi connectivity index (χ2n) is 3.01. The monoisotopic (exact) mass is 179 g/mol. The molecule has 6 nitrogen and oxygen atoms in total. The van der Waals surface area contributed by atoms with E-state index in [4.69, 9.17) is 15.1 Å². The number of aliphatic hydroxyl groups excluding tert-OH is 4. The quantitative estimate of drug-likeness (QED) is 0.210. The van der Waals surface area contributed by atoms with Gasteiger partial charge in [-0.3, -0.25) is 0 Å². The van der Waals surface area contributed by atoms with Crippen LogP contribution in [0.25, 0.3) is 0 Å². The van der Waals surface area contributed by atoms with E-state index in [0.29, 0.717) is 0 Å².